The van der Waals surface area contributed by atoms with Crippen LogP contribution in [0.3, 0.4) is 0 Å². The smallest absolute Gasteiger partial charge is 0.312 e. The molecule has 190 valence electrons. The maximum absolute atomic E-state index is 13.4. The maximum atomic E-state index is 13.4. The van der Waals surface area contributed by atoms with Crippen molar-refractivity contribution >= 4 is 11.8 Å². The molecular weight excluding hydrogens is 420 g/mol. The molecule has 5 aliphatic carbocycles. The second kappa shape index (κ2) is 7.45. The van der Waals surface area contributed by atoms with Gasteiger partial charge in [-0.05, 0) is 109 Å². The number of methoxy groups -OCH3 is 1. The van der Waals surface area contributed by atoms with E-state index >= 15 is 0 Å². The van der Waals surface area contributed by atoms with Crippen LogP contribution in [-0.2, 0) is 14.3 Å². The number of ether oxygens (including phenoxy) is 1. The maximum Gasteiger partial charge on any atom is 0.312 e. The van der Waals surface area contributed by atoms with Crippen LogP contribution in [0.5, 0.6) is 0 Å². The zero-order valence-electron chi connectivity index (χ0n) is 23.0. The number of allylic oxidation sites excluding steroid dienone is 2. The fourth-order valence-corrected chi connectivity index (χ4v) is 11.2. The highest BCUT2D eigenvalue weighted by atomic mass is 16.5. The molecule has 4 saturated carbocycles. The molecule has 0 heterocycles. The Morgan fingerprint density at radius 3 is 2.26 bits per heavy atom. The van der Waals surface area contributed by atoms with E-state index in [1.807, 2.05) is 6.08 Å². The molecule has 34 heavy (non-hydrogen) atoms. The number of ketones is 1. The first-order chi connectivity index (χ1) is 15.8. The Bertz CT molecular complexity index is 916. The van der Waals surface area contributed by atoms with Crippen molar-refractivity contribution in [3.8, 4) is 0 Å². The standard InChI is InChI=1S/C31H48O3/c1-19(2)20-11-16-31(26(33)34-8)18-17-29(6)21(25(20)31)9-10-23-28(5)14-13-24(32)27(3,4)22(28)12-15-30(23,29)7/h13-14,19-23,25H,9-12,15-18H2,1-8H3/t20?,21?,22?,23?,25?,28?,29-,30?,31?/m1/s1. The fourth-order valence-electron chi connectivity index (χ4n) is 11.2. The molecule has 0 aliphatic heterocycles. The second-order valence-corrected chi connectivity index (χ2v) is 14.6. The van der Waals surface area contributed by atoms with Crippen LogP contribution in [0.25, 0.3) is 0 Å². The number of carbonyl (C=O) groups excluding carboxylic acids is 2. The van der Waals surface area contributed by atoms with Gasteiger partial charge in [-0.1, -0.05) is 54.5 Å². The quantitative estimate of drug-likeness (QED) is 0.401. The third-order valence-corrected chi connectivity index (χ3v) is 13.2. The first-order valence-corrected chi connectivity index (χ1v) is 14.1. The molecule has 0 aromatic carbocycles. The molecular formula is C31H48O3. The van der Waals surface area contributed by atoms with E-state index in [0.717, 1.165) is 25.7 Å². The summed E-state index contributed by atoms with van der Waals surface area (Å²) in [5, 5.41) is 0. The predicted molar refractivity (Wildman–Crippen MR) is 136 cm³/mol. The zero-order chi connectivity index (χ0) is 24.9. The Morgan fingerprint density at radius 1 is 0.912 bits per heavy atom. The molecule has 0 amide bonds. The molecule has 9 atom stereocenters. The molecule has 3 heteroatoms. The molecule has 0 radical (unpaired) electrons. The number of fused-ring (bicyclic) bond motifs is 7. The van der Waals surface area contributed by atoms with Crippen molar-refractivity contribution in [2.45, 2.75) is 99.8 Å². The van der Waals surface area contributed by atoms with Crippen molar-refractivity contribution in [1.82, 2.24) is 0 Å². The van der Waals surface area contributed by atoms with Crippen LogP contribution in [-0.4, -0.2) is 18.9 Å². The molecule has 0 saturated heterocycles. The molecule has 4 fully saturated rings. The summed E-state index contributed by atoms with van der Waals surface area (Å²) >= 11 is 0. The van der Waals surface area contributed by atoms with Crippen LogP contribution in [0.15, 0.2) is 12.2 Å². The van der Waals surface area contributed by atoms with Crippen molar-refractivity contribution in [1.29, 1.82) is 0 Å². The van der Waals surface area contributed by atoms with Gasteiger partial charge in [0.25, 0.3) is 0 Å². The highest BCUT2D eigenvalue weighted by Crippen LogP contribution is 2.76. The number of carbonyl (C=O) groups is 2. The van der Waals surface area contributed by atoms with Crippen LogP contribution in [0.1, 0.15) is 99.8 Å². The van der Waals surface area contributed by atoms with Gasteiger partial charge in [-0.3, -0.25) is 9.59 Å². The highest BCUT2D eigenvalue weighted by molar-refractivity contribution is 5.95. The minimum absolute atomic E-state index is 0.0705. The van der Waals surface area contributed by atoms with Gasteiger partial charge in [0.1, 0.15) is 0 Å². The summed E-state index contributed by atoms with van der Waals surface area (Å²) in [4.78, 5) is 26.2. The molecule has 0 aromatic heterocycles. The first kappa shape index (κ1) is 24.6. The Labute approximate surface area is 207 Å². The molecule has 0 spiro atoms. The van der Waals surface area contributed by atoms with Gasteiger partial charge in [0.15, 0.2) is 5.78 Å². The molecule has 5 aliphatic rings. The van der Waals surface area contributed by atoms with Gasteiger partial charge in [0.2, 0.25) is 0 Å². The lowest BCUT2D eigenvalue weighted by molar-refractivity contribution is -0.224. The van der Waals surface area contributed by atoms with Gasteiger partial charge < -0.3 is 4.74 Å². The summed E-state index contributed by atoms with van der Waals surface area (Å²) in [6.07, 6.45) is 13.3. The number of hydrogen-bond donors (Lipinski definition) is 0. The average Bonchev–Trinajstić information content (AvgIpc) is 3.18. The molecule has 3 nitrogen and oxygen atoms in total. The van der Waals surface area contributed by atoms with E-state index < -0.39 is 0 Å². The van der Waals surface area contributed by atoms with Crippen LogP contribution in [0, 0.1) is 62.6 Å². The van der Waals surface area contributed by atoms with Gasteiger partial charge in [0, 0.05) is 5.41 Å². The Kier molecular flexibility index (Phi) is 5.38. The summed E-state index contributed by atoms with van der Waals surface area (Å²) in [7, 11) is 1.60. The second-order valence-electron chi connectivity index (χ2n) is 14.6. The van der Waals surface area contributed by atoms with Crippen LogP contribution in [0.2, 0.25) is 0 Å². The minimum atomic E-state index is -0.274. The molecule has 8 unspecified atom stereocenters. The topological polar surface area (TPSA) is 43.4 Å². The van der Waals surface area contributed by atoms with Gasteiger partial charge in [-0.25, -0.2) is 0 Å². The van der Waals surface area contributed by atoms with Crippen LogP contribution in [0.4, 0.5) is 0 Å². The van der Waals surface area contributed by atoms with E-state index in [2.05, 4.69) is 54.5 Å². The molecule has 0 bridgehead atoms. The van der Waals surface area contributed by atoms with Crippen molar-refractivity contribution < 1.29 is 14.3 Å². The predicted octanol–water partition coefficient (Wildman–Crippen LogP) is 7.24. The summed E-state index contributed by atoms with van der Waals surface area (Å²) in [5.41, 5.74) is -0.0134. The fraction of sp³-hybridized carbons (Fsp3) is 0.871. The lowest BCUT2D eigenvalue weighted by Gasteiger charge is -2.71. The van der Waals surface area contributed by atoms with E-state index in [-0.39, 0.29) is 33.0 Å². The van der Waals surface area contributed by atoms with Crippen molar-refractivity contribution in [3.05, 3.63) is 12.2 Å². The van der Waals surface area contributed by atoms with Gasteiger partial charge in [-0.2, -0.15) is 0 Å². The summed E-state index contributed by atoms with van der Waals surface area (Å²) < 4.78 is 5.51. The zero-order valence-corrected chi connectivity index (χ0v) is 23.0. The molecule has 0 aromatic rings. The van der Waals surface area contributed by atoms with Gasteiger partial charge in [0.05, 0.1) is 12.5 Å². The van der Waals surface area contributed by atoms with E-state index in [0.29, 0.717) is 41.3 Å². The van der Waals surface area contributed by atoms with E-state index in [1.54, 1.807) is 7.11 Å². The van der Waals surface area contributed by atoms with E-state index in [9.17, 15) is 9.59 Å². The number of rotatable bonds is 2. The average molecular weight is 469 g/mol. The van der Waals surface area contributed by atoms with Crippen LogP contribution < -0.4 is 0 Å². The SMILES string of the molecule is COC(=O)C12CCC(C(C)C)C1C1CCC3C4(C)C=CC(=O)C(C)(C)C4CCC3(C)[C@]1(C)CC2. The highest BCUT2D eigenvalue weighted by Gasteiger charge is 2.71. The molecule has 5 rings (SSSR count). The van der Waals surface area contributed by atoms with Crippen molar-refractivity contribution in [2.24, 2.45) is 62.6 Å². The van der Waals surface area contributed by atoms with E-state index in [1.165, 1.54) is 25.7 Å². The Balaban J connectivity index is 1.58. The minimum Gasteiger partial charge on any atom is -0.469 e. The van der Waals surface area contributed by atoms with Crippen molar-refractivity contribution in [3.63, 3.8) is 0 Å². The first-order valence-electron chi connectivity index (χ1n) is 14.1. The molecule has 0 N–H and O–H groups in total. The van der Waals surface area contributed by atoms with Crippen molar-refractivity contribution in [2.75, 3.05) is 7.11 Å². The normalized spacial score (nSPS) is 51.3. The largest absolute Gasteiger partial charge is 0.469 e. The third-order valence-electron chi connectivity index (χ3n) is 13.2. The van der Waals surface area contributed by atoms with Gasteiger partial charge in [-0.15, -0.1) is 0 Å². The lowest BCUT2D eigenvalue weighted by Crippen LogP contribution is -2.66. The summed E-state index contributed by atoms with van der Waals surface area (Å²) in [6.45, 7) is 16.8. The Morgan fingerprint density at radius 2 is 1.62 bits per heavy atom. The monoisotopic (exact) mass is 468 g/mol. The number of hydrogen-bond acceptors (Lipinski definition) is 3. The Hall–Kier alpha value is -1.12. The summed E-state index contributed by atoms with van der Waals surface area (Å²) in [5.74, 6) is 3.64. The van der Waals surface area contributed by atoms with E-state index in [4.69, 9.17) is 4.74 Å². The van der Waals surface area contributed by atoms with Crippen LogP contribution >= 0.6 is 0 Å². The number of esters is 1. The lowest BCUT2D eigenvalue weighted by atomic mass is 9.33. The summed E-state index contributed by atoms with van der Waals surface area (Å²) in [6, 6.07) is 0. The third kappa shape index (κ3) is 2.76. The van der Waals surface area contributed by atoms with Gasteiger partial charge >= 0.3 is 5.97 Å².